The van der Waals surface area contributed by atoms with E-state index in [-0.39, 0.29) is 0 Å². The van der Waals surface area contributed by atoms with E-state index in [0.29, 0.717) is 23.1 Å². The van der Waals surface area contributed by atoms with Crippen molar-refractivity contribution in [2.45, 2.75) is 6.92 Å². The van der Waals surface area contributed by atoms with Crippen LogP contribution >= 0.6 is 0 Å². The van der Waals surface area contributed by atoms with Gasteiger partial charge in [-0.25, -0.2) is 4.98 Å². The zero-order chi connectivity index (χ0) is 12.3. The van der Waals surface area contributed by atoms with Gasteiger partial charge in [-0.1, -0.05) is 0 Å². The molecular formula is C12H12N3O2. The van der Waals surface area contributed by atoms with Gasteiger partial charge < -0.3 is 9.47 Å². The molecule has 5 heteroatoms. The van der Waals surface area contributed by atoms with Gasteiger partial charge in [0.15, 0.2) is 0 Å². The third-order valence-electron chi connectivity index (χ3n) is 2.15. The predicted octanol–water partition coefficient (Wildman–Crippen LogP) is 2.50. The van der Waals surface area contributed by atoms with Crippen molar-refractivity contribution in [3.63, 3.8) is 0 Å². The Kier molecular flexibility index (Phi) is 3.09. The average molecular weight is 230 g/mol. The molecule has 2 aromatic rings. The molecule has 1 heterocycles. The van der Waals surface area contributed by atoms with Crippen LogP contribution in [0.2, 0.25) is 0 Å². The molecule has 0 saturated heterocycles. The van der Waals surface area contributed by atoms with E-state index in [0.717, 1.165) is 5.69 Å². The summed E-state index contributed by atoms with van der Waals surface area (Å²) in [6, 6.07) is 4.94. The van der Waals surface area contributed by atoms with Gasteiger partial charge in [0.2, 0.25) is 5.88 Å². The minimum atomic E-state index is 0.315. The number of hydrogen-bond donors (Lipinski definition) is 0. The molecule has 1 N–H and O–H groups in total. The van der Waals surface area contributed by atoms with Crippen LogP contribution in [0.15, 0.2) is 30.6 Å². The van der Waals surface area contributed by atoms with Crippen LogP contribution in [0, 0.1) is 6.92 Å². The smallest absolute Gasteiger partial charge is 0.237 e. The number of benzene rings is 1. The second-order valence-electron chi connectivity index (χ2n) is 3.46. The van der Waals surface area contributed by atoms with E-state index in [1.54, 1.807) is 30.6 Å². The fourth-order valence-corrected chi connectivity index (χ4v) is 1.29. The monoisotopic (exact) mass is 230 g/mol. The maximum atomic E-state index is 7.57. The number of ether oxygens (including phenoxy) is 2. The molecule has 1 aromatic carbocycles. The Bertz CT molecular complexity index is 512. The fraction of sp³-hybridized carbons (Fsp3) is 0.167. The molecule has 2 rings (SSSR count). The van der Waals surface area contributed by atoms with Gasteiger partial charge in [0, 0.05) is 6.07 Å². The summed E-state index contributed by atoms with van der Waals surface area (Å²) in [5.41, 5.74) is 8.71. The van der Waals surface area contributed by atoms with E-state index < -0.39 is 0 Å². The van der Waals surface area contributed by atoms with Gasteiger partial charge in [-0.3, -0.25) is 10.7 Å². The number of hydrogen-bond acceptors (Lipinski definition) is 4. The highest BCUT2D eigenvalue weighted by Gasteiger charge is 2.04. The summed E-state index contributed by atoms with van der Waals surface area (Å²) < 4.78 is 10.5. The van der Waals surface area contributed by atoms with Crippen LogP contribution in [0.1, 0.15) is 5.69 Å². The van der Waals surface area contributed by atoms with Crippen LogP contribution in [0.5, 0.6) is 17.4 Å². The van der Waals surface area contributed by atoms with Crippen molar-refractivity contribution < 1.29 is 9.47 Å². The quantitative estimate of drug-likeness (QED) is 0.812. The Balaban J connectivity index is 2.21. The summed E-state index contributed by atoms with van der Waals surface area (Å²) in [6.07, 6.45) is 3.18. The zero-order valence-electron chi connectivity index (χ0n) is 9.60. The van der Waals surface area contributed by atoms with Crippen molar-refractivity contribution >= 4 is 5.69 Å². The van der Waals surface area contributed by atoms with Gasteiger partial charge >= 0.3 is 0 Å². The van der Waals surface area contributed by atoms with E-state index in [1.807, 2.05) is 6.92 Å². The van der Waals surface area contributed by atoms with Crippen molar-refractivity contribution in [1.29, 1.82) is 0 Å². The van der Waals surface area contributed by atoms with Crippen LogP contribution in [-0.4, -0.2) is 17.1 Å². The third-order valence-corrected chi connectivity index (χ3v) is 2.15. The second kappa shape index (κ2) is 4.69. The van der Waals surface area contributed by atoms with Crippen LogP contribution in [0.3, 0.4) is 0 Å². The van der Waals surface area contributed by atoms with Crippen LogP contribution < -0.4 is 15.2 Å². The highest BCUT2D eigenvalue weighted by molar-refractivity contribution is 5.53. The summed E-state index contributed by atoms with van der Waals surface area (Å²) in [4.78, 5) is 8.16. The lowest BCUT2D eigenvalue weighted by Gasteiger charge is -2.07. The molecular weight excluding hydrogens is 218 g/mol. The molecule has 0 aliphatic heterocycles. The lowest BCUT2D eigenvalue weighted by molar-refractivity contribution is 0.408. The Morgan fingerprint density at radius 2 is 2.00 bits per heavy atom. The first-order valence-electron chi connectivity index (χ1n) is 5.05. The fourth-order valence-electron chi connectivity index (χ4n) is 1.29. The largest absolute Gasteiger partial charge is 0.494 e. The van der Waals surface area contributed by atoms with E-state index in [4.69, 9.17) is 15.2 Å². The van der Waals surface area contributed by atoms with Gasteiger partial charge in [0.1, 0.15) is 11.5 Å². The molecule has 0 aliphatic rings. The number of methoxy groups -OCH3 is 1. The molecule has 0 fully saturated rings. The first-order valence-corrected chi connectivity index (χ1v) is 5.05. The summed E-state index contributed by atoms with van der Waals surface area (Å²) >= 11 is 0. The molecule has 0 spiro atoms. The molecule has 0 aliphatic carbocycles. The van der Waals surface area contributed by atoms with Crippen LogP contribution in [0.4, 0.5) is 5.69 Å². The molecule has 0 bridgehead atoms. The van der Waals surface area contributed by atoms with Crippen LogP contribution in [0.25, 0.3) is 0 Å². The highest BCUT2D eigenvalue weighted by Crippen LogP contribution is 2.29. The van der Waals surface area contributed by atoms with Crippen molar-refractivity contribution in [3.05, 3.63) is 36.3 Å². The SMILES string of the molecule is COc1cc(Oc2cnc(C)cn2)ccc1[NH]. The highest BCUT2D eigenvalue weighted by atomic mass is 16.5. The molecule has 0 amide bonds. The number of rotatable bonds is 3. The van der Waals surface area contributed by atoms with Crippen molar-refractivity contribution in [2.24, 2.45) is 0 Å². The topological polar surface area (TPSA) is 68.0 Å². The summed E-state index contributed by atoms with van der Waals surface area (Å²) in [6.45, 7) is 1.86. The van der Waals surface area contributed by atoms with Crippen molar-refractivity contribution in [1.82, 2.24) is 15.7 Å². The van der Waals surface area contributed by atoms with Gasteiger partial charge in [-0.05, 0) is 19.1 Å². The predicted molar refractivity (Wildman–Crippen MR) is 62.6 cm³/mol. The molecule has 0 saturated carbocycles. The van der Waals surface area contributed by atoms with Gasteiger partial charge in [0.05, 0.1) is 30.9 Å². The molecule has 1 radical (unpaired) electrons. The Labute approximate surface area is 99.2 Å². The molecule has 87 valence electrons. The molecule has 0 unspecified atom stereocenters. The van der Waals surface area contributed by atoms with Crippen molar-refractivity contribution in [3.8, 4) is 17.4 Å². The summed E-state index contributed by atoms with van der Waals surface area (Å²) in [5.74, 6) is 1.44. The van der Waals surface area contributed by atoms with Crippen molar-refractivity contribution in [2.75, 3.05) is 7.11 Å². The van der Waals surface area contributed by atoms with E-state index in [9.17, 15) is 0 Å². The average Bonchev–Trinajstić information content (AvgIpc) is 2.34. The first-order chi connectivity index (χ1) is 8.19. The number of nitrogens with one attached hydrogen (secondary N) is 1. The van der Waals surface area contributed by atoms with Gasteiger partial charge in [-0.2, -0.15) is 0 Å². The van der Waals surface area contributed by atoms with Gasteiger partial charge in [-0.15, -0.1) is 0 Å². The standard InChI is InChI=1S/C12H12N3O2/c1-8-6-15-12(7-14-8)17-9-3-4-10(13)11(5-9)16-2/h3-7,13H,1-2H3. The zero-order valence-corrected chi connectivity index (χ0v) is 9.60. The van der Waals surface area contributed by atoms with E-state index in [1.165, 1.54) is 7.11 Å². The molecule has 17 heavy (non-hydrogen) atoms. The Morgan fingerprint density at radius 3 is 2.65 bits per heavy atom. The molecule has 5 nitrogen and oxygen atoms in total. The molecule has 0 atom stereocenters. The normalized spacial score (nSPS) is 10.0. The molecule has 1 aromatic heterocycles. The second-order valence-corrected chi connectivity index (χ2v) is 3.46. The summed E-state index contributed by atoms with van der Waals surface area (Å²) in [5, 5.41) is 0. The first kappa shape index (κ1) is 11.2. The van der Waals surface area contributed by atoms with E-state index in [2.05, 4.69) is 9.97 Å². The summed E-state index contributed by atoms with van der Waals surface area (Å²) in [7, 11) is 1.52. The van der Waals surface area contributed by atoms with Gasteiger partial charge in [0.25, 0.3) is 0 Å². The third kappa shape index (κ3) is 2.63. The Morgan fingerprint density at radius 1 is 1.18 bits per heavy atom. The minimum Gasteiger partial charge on any atom is -0.494 e. The number of nitrogens with zero attached hydrogens (tertiary/aromatic N) is 2. The minimum absolute atomic E-state index is 0.315. The maximum absolute atomic E-state index is 7.57. The van der Waals surface area contributed by atoms with Crippen LogP contribution in [-0.2, 0) is 0 Å². The van der Waals surface area contributed by atoms with E-state index >= 15 is 0 Å². The Hall–Kier alpha value is -2.30. The lowest BCUT2D eigenvalue weighted by atomic mass is 10.3. The maximum Gasteiger partial charge on any atom is 0.237 e. The number of aromatic nitrogens is 2. The number of aryl methyl sites for hydroxylation is 1. The lowest BCUT2D eigenvalue weighted by Crippen LogP contribution is -1.92.